The van der Waals surface area contributed by atoms with Gasteiger partial charge in [0.1, 0.15) is 33.0 Å². The molecule has 0 radical (unpaired) electrons. The Morgan fingerprint density at radius 2 is 0.527 bits per heavy atom. The normalized spacial score (nSPS) is 22.7. The highest BCUT2D eigenvalue weighted by atomic mass is 32.2. The molecule has 5 heterocycles. The maximum absolute atomic E-state index is 10.7. The Morgan fingerprint density at radius 1 is 0.277 bits per heavy atom. The molecule has 0 N–H and O–H groups in total. The van der Waals surface area contributed by atoms with Gasteiger partial charge in [-0.05, 0) is 162 Å². The minimum Gasteiger partial charge on any atom is -0.748 e. The van der Waals surface area contributed by atoms with Crippen molar-refractivity contribution in [2.45, 2.75) is 560 Å². The highest BCUT2D eigenvalue weighted by Gasteiger charge is 2.40. The molecule has 0 spiro atoms. The zero-order valence-electron chi connectivity index (χ0n) is 96.5. The molecule has 0 amide bonds. The lowest BCUT2D eigenvalue weighted by Crippen LogP contribution is -2.49. The van der Waals surface area contributed by atoms with Gasteiger partial charge in [-0.2, -0.15) is 11.8 Å². The predicted octanol–water partition coefficient (Wildman–Crippen LogP) is 26.6. The molecule has 0 aromatic heterocycles. The first-order valence-electron chi connectivity index (χ1n) is 60.0. The minimum atomic E-state index is -4.20. The maximum Gasteiger partial charge on any atom is 0.189 e. The Bertz CT molecular complexity index is 3220. The van der Waals surface area contributed by atoms with Crippen molar-refractivity contribution in [1.29, 1.82) is 0 Å². The minimum absolute atomic E-state index is 0.0288. The van der Waals surface area contributed by atoms with Crippen LogP contribution in [0.25, 0.3) is 0 Å². The number of ether oxygens (including phenoxy) is 16. The molecular formula is C114H225NO28S5-4. The van der Waals surface area contributed by atoms with Gasteiger partial charge >= 0.3 is 0 Å². The molecule has 5 rings (SSSR count). The molecule has 5 aliphatic rings. The summed E-state index contributed by atoms with van der Waals surface area (Å²) in [5.41, 5.74) is 0. The van der Waals surface area contributed by atoms with E-state index in [1.54, 1.807) is 6.92 Å². The quantitative estimate of drug-likeness (QED) is 0.0403. The Morgan fingerprint density at radius 3 is 0.872 bits per heavy atom. The van der Waals surface area contributed by atoms with Crippen molar-refractivity contribution in [3.63, 3.8) is 0 Å². The predicted molar refractivity (Wildman–Crippen MR) is 597 cm³/mol. The molecule has 5 fully saturated rings. The van der Waals surface area contributed by atoms with Gasteiger partial charge in [-0.15, -0.1) is 0 Å². The van der Waals surface area contributed by atoms with E-state index in [4.69, 9.17) is 75.8 Å². The van der Waals surface area contributed by atoms with Crippen LogP contribution in [0.2, 0.25) is 0 Å². The Hall–Kier alpha value is -0.690. The Kier molecular flexibility index (Phi) is 92.3. The first-order valence-corrected chi connectivity index (χ1v) is 67.5. The van der Waals surface area contributed by atoms with Crippen molar-refractivity contribution >= 4 is 52.2 Å². The van der Waals surface area contributed by atoms with Crippen LogP contribution in [0.4, 0.5) is 0 Å². The topological polar surface area (TPSA) is 380 Å². The Labute approximate surface area is 911 Å². The number of unbranched alkanes of at least 4 members (excludes halogenated alkanes) is 43. The zero-order chi connectivity index (χ0) is 109. The van der Waals surface area contributed by atoms with E-state index in [2.05, 4.69) is 67.2 Å². The van der Waals surface area contributed by atoms with E-state index in [1.807, 2.05) is 32.5 Å². The van der Waals surface area contributed by atoms with Gasteiger partial charge in [0.2, 0.25) is 0 Å². The van der Waals surface area contributed by atoms with Crippen molar-refractivity contribution in [2.24, 2.45) is 5.92 Å². The van der Waals surface area contributed by atoms with Crippen LogP contribution in [0.15, 0.2) is 0 Å². The van der Waals surface area contributed by atoms with Crippen molar-refractivity contribution in [3.05, 3.63) is 0 Å². The maximum atomic E-state index is 10.7. The fourth-order valence-corrected chi connectivity index (χ4v) is 22.0. The van der Waals surface area contributed by atoms with E-state index in [0.29, 0.717) is 45.7 Å². The molecule has 29 nitrogen and oxygen atoms in total. The van der Waals surface area contributed by atoms with Gasteiger partial charge in [0, 0.05) is 75.0 Å². The summed E-state index contributed by atoms with van der Waals surface area (Å²) in [6.45, 7) is 38.4. The fraction of sp³-hybridized carbons (Fsp3) is 1.00. The molecule has 0 bridgehead atoms. The second-order valence-electron chi connectivity index (χ2n) is 43.4. The van der Waals surface area contributed by atoms with Crippen molar-refractivity contribution in [2.75, 3.05) is 166 Å². The van der Waals surface area contributed by atoms with E-state index in [0.717, 1.165) is 102 Å². The molecule has 0 saturated carbocycles. The lowest BCUT2D eigenvalue weighted by molar-refractivity contribution is -0.306. The van der Waals surface area contributed by atoms with Gasteiger partial charge in [0.25, 0.3) is 0 Å². The summed E-state index contributed by atoms with van der Waals surface area (Å²) in [5, 5.41) is 0. The molecule has 0 aliphatic carbocycles. The SMILES string of the molecule is CCCCCCCCCC(CCCCCCCC)CC1CCOC(C)(COCCCC)O1.CCCCCCCCCCCC1CCOC(C)(COCCCS(=O)(=O)[O-])O1.CCCCCCCCCN(CCCCCCCC)CC1CCOC(C)(COCCCS(=O)(=O)[O-])O1.CCCCCCCCCOCC1CCOC(C)(COCCCS(=O)(=O)[O-])O1.CCCCCCCCCSCC1CCOC(C)(COCCCS(=O)(=O)[O-])O1. The summed E-state index contributed by atoms with van der Waals surface area (Å²) < 4.78 is 221. The van der Waals surface area contributed by atoms with Gasteiger partial charge in [0.15, 0.2) is 28.9 Å². The second-order valence-corrected chi connectivity index (χ2v) is 50.6. The van der Waals surface area contributed by atoms with Gasteiger partial charge in [0.05, 0.1) is 111 Å². The first-order chi connectivity index (χ1) is 70.9. The molecule has 0 aromatic carbocycles. The standard InChI is InChI=1S/C29H58O3.C27H55NO6S.C20H40O6S.C19H38O7S.C19H38O6S2/c1-5-8-11-13-15-17-19-21-27(20-18-16-14-12-9-6-2)25-28-22-24-31-29(4,32-28)26-30-23-10-7-3;1-4-6-8-10-12-14-16-20-28(19-15-13-11-9-7-5-2)24-26-18-22-33-27(3,34-26)25-32-21-17-23-35(29,30)31;1-3-4-5-6-7-8-9-10-11-13-19-14-16-25-20(2,26-19)18-24-15-12-17-27(21,22)23;1-3-4-5-6-7-8-9-12-23-16-18-11-14-25-19(2,26-18)17-24-13-10-15-27(20,21)22;1-3-4-5-6-7-8-9-14-26-16-18-11-13-24-19(2,25-18)17-23-12-10-15-27(20,21)22/h27-28H,5-26H2,1-4H3;26H,4-25H2,1-3H3,(H,29,30,31);19H,3-18H2,1-2H3,(H,21,22,23);2*18H,3-17H2,1-2H3,(H,20,21,22)/p-4. The lowest BCUT2D eigenvalue weighted by Gasteiger charge is -2.40. The average molecular weight is 2220 g/mol. The molecule has 148 heavy (non-hydrogen) atoms. The van der Waals surface area contributed by atoms with Crippen LogP contribution in [0.1, 0.15) is 501 Å². The number of thioether (sulfide) groups is 1. The lowest BCUT2D eigenvalue weighted by atomic mass is 9.88. The van der Waals surface area contributed by atoms with Crippen LogP contribution < -0.4 is 0 Å². The van der Waals surface area contributed by atoms with Crippen LogP contribution in [0, 0.1) is 5.92 Å². The zero-order valence-corrected chi connectivity index (χ0v) is 101. The summed E-state index contributed by atoms with van der Waals surface area (Å²) in [6, 6.07) is 0. The van der Waals surface area contributed by atoms with E-state index in [9.17, 15) is 51.9 Å². The number of hydrogen-bond donors (Lipinski definition) is 0. The number of hydrogen-bond acceptors (Lipinski definition) is 30. The smallest absolute Gasteiger partial charge is 0.189 e. The Balaban J connectivity index is 0.000000929. The van der Waals surface area contributed by atoms with Crippen molar-refractivity contribution in [1.82, 2.24) is 4.90 Å². The molecule has 11 unspecified atom stereocenters. The van der Waals surface area contributed by atoms with Crippen LogP contribution >= 0.6 is 11.8 Å². The molecule has 34 heteroatoms. The van der Waals surface area contributed by atoms with Gasteiger partial charge < -0.3 is 98.9 Å². The van der Waals surface area contributed by atoms with Crippen molar-refractivity contribution < 1.29 is 128 Å². The second kappa shape index (κ2) is 94.0. The van der Waals surface area contributed by atoms with E-state index in [1.165, 1.54) is 340 Å². The molecule has 5 aliphatic heterocycles. The number of rotatable bonds is 93. The first kappa shape index (κ1) is 145. The van der Waals surface area contributed by atoms with Gasteiger partial charge in [-0.25, -0.2) is 33.7 Å². The molecule has 0 aromatic rings. The van der Waals surface area contributed by atoms with Crippen molar-refractivity contribution in [3.8, 4) is 0 Å². The molecular weight excluding hydrogens is 1990 g/mol. The third kappa shape index (κ3) is 92.1. The third-order valence-electron chi connectivity index (χ3n) is 27.7. The fourth-order valence-electron chi connectivity index (χ4n) is 19.0. The highest BCUT2D eigenvalue weighted by Crippen LogP contribution is 2.35. The van der Waals surface area contributed by atoms with Gasteiger partial charge in [-0.3, -0.25) is 0 Å². The van der Waals surface area contributed by atoms with Crippen LogP contribution in [-0.4, -0.2) is 283 Å². The van der Waals surface area contributed by atoms with Crippen LogP contribution in [0.3, 0.4) is 0 Å². The largest absolute Gasteiger partial charge is 0.748 e. The molecule has 5 saturated heterocycles. The van der Waals surface area contributed by atoms with Crippen LogP contribution in [0.5, 0.6) is 0 Å². The monoisotopic (exact) mass is 2220 g/mol. The van der Waals surface area contributed by atoms with E-state index >= 15 is 0 Å². The summed E-state index contributed by atoms with van der Waals surface area (Å²) in [5.74, 6) is -2.49. The molecule has 11 atom stereocenters. The van der Waals surface area contributed by atoms with Crippen LogP contribution in [-0.2, 0) is 116 Å². The van der Waals surface area contributed by atoms with Gasteiger partial charge in [-0.1, -0.05) is 364 Å². The molecule has 888 valence electrons. The highest BCUT2D eigenvalue weighted by molar-refractivity contribution is 7.99. The average Bonchev–Trinajstić information content (AvgIpc) is 0.832. The summed E-state index contributed by atoms with van der Waals surface area (Å²) in [6.07, 6.45) is 78.5. The van der Waals surface area contributed by atoms with E-state index < -0.39 is 92.4 Å². The summed E-state index contributed by atoms with van der Waals surface area (Å²) in [4.78, 5) is 2.59. The van der Waals surface area contributed by atoms with E-state index in [-0.39, 0.29) is 103 Å². The summed E-state index contributed by atoms with van der Waals surface area (Å²) in [7, 11) is -16.7. The number of nitrogens with zero attached hydrogens (tertiary/aromatic N) is 1. The summed E-state index contributed by atoms with van der Waals surface area (Å²) >= 11 is 1.94. The third-order valence-corrected chi connectivity index (χ3v) is 32.0.